The molecule has 0 radical (unpaired) electrons. The standard InChI is InChI=1S/C19H18ClN3O3S/c20-15-7-14-13-6-10(19(26)22-11(8-24)9-25)3-4-16(13)27-23-18(14)17-12(15)2-1-5-21-17/h1-6,11,14,23-25H,7-9H2,(H,22,26). The minimum absolute atomic E-state index is 0.00428. The number of carbonyl (C=O) groups excluding carboxylic acids is 1. The van der Waals surface area contributed by atoms with Crippen molar-refractivity contribution in [2.45, 2.75) is 23.3 Å². The first-order valence-electron chi connectivity index (χ1n) is 8.55. The lowest BCUT2D eigenvalue weighted by Gasteiger charge is -2.31. The maximum absolute atomic E-state index is 12.5. The van der Waals surface area contributed by atoms with Gasteiger partial charge in [-0.05, 0) is 48.2 Å². The molecule has 0 bridgehead atoms. The topological polar surface area (TPSA) is 94.5 Å². The molecule has 1 aromatic heterocycles. The highest BCUT2D eigenvalue weighted by Gasteiger charge is 2.30. The Hall–Kier alpha value is -2.06. The number of rotatable bonds is 4. The number of fused-ring (bicyclic) bond motifs is 4. The summed E-state index contributed by atoms with van der Waals surface area (Å²) in [6.45, 7) is -0.638. The number of hydrogen-bond acceptors (Lipinski definition) is 6. The van der Waals surface area contributed by atoms with Crippen LogP contribution in [-0.4, -0.2) is 40.4 Å². The van der Waals surface area contributed by atoms with Gasteiger partial charge in [0.1, 0.15) is 0 Å². The molecule has 1 atom stereocenters. The van der Waals surface area contributed by atoms with Gasteiger partial charge in [0.15, 0.2) is 0 Å². The quantitative estimate of drug-likeness (QED) is 0.553. The molecule has 8 heteroatoms. The summed E-state index contributed by atoms with van der Waals surface area (Å²) in [6.07, 6.45) is 2.38. The molecule has 1 aliphatic heterocycles. The van der Waals surface area contributed by atoms with E-state index in [0.717, 1.165) is 31.8 Å². The van der Waals surface area contributed by atoms with Gasteiger partial charge in [-0.2, -0.15) is 0 Å². The van der Waals surface area contributed by atoms with Crippen LogP contribution in [0.1, 0.15) is 28.3 Å². The Morgan fingerprint density at radius 2 is 2.19 bits per heavy atom. The van der Waals surface area contributed by atoms with Gasteiger partial charge >= 0.3 is 0 Å². The van der Waals surface area contributed by atoms with E-state index in [2.05, 4.69) is 15.0 Å². The van der Waals surface area contributed by atoms with Crippen LogP contribution in [0, 0.1) is 0 Å². The van der Waals surface area contributed by atoms with Gasteiger partial charge in [0.05, 0.1) is 30.3 Å². The smallest absolute Gasteiger partial charge is 0.251 e. The van der Waals surface area contributed by atoms with E-state index in [-0.39, 0.29) is 25.0 Å². The van der Waals surface area contributed by atoms with Crippen molar-refractivity contribution in [3.8, 4) is 0 Å². The average molecular weight is 404 g/mol. The molecule has 2 aliphatic rings. The van der Waals surface area contributed by atoms with E-state index in [1.165, 1.54) is 11.9 Å². The van der Waals surface area contributed by atoms with Crippen molar-refractivity contribution in [2.75, 3.05) is 13.2 Å². The van der Waals surface area contributed by atoms with Crippen LogP contribution >= 0.6 is 23.5 Å². The summed E-state index contributed by atoms with van der Waals surface area (Å²) in [5.74, 6) is -0.337. The largest absolute Gasteiger partial charge is 0.394 e. The van der Waals surface area contributed by atoms with Gasteiger partial charge in [0.2, 0.25) is 0 Å². The van der Waals surface area contributed by atoms with E-state index in [1.807, 2.05) is 24.3 Å². The zero-order valence-corrected chi connectivity index (χ0v) is 15.8. The zero-order chi connectivity index (χ0) is 19.0. The number of nitrogens with zero attached hydrogens (tertiary/aromatic N) is 1. The summed E-state index contributed by atoms with van der Waals surface area (Å²) in [5, 5.41) is 23.5. The molecule has 4 N–H and O–H groups in total. The lowest BCUT2D eigenvalue weighted by molar-refractivity contribution is 0.0879. The number of aromatic nitrogens is 1. The van der Waals surface area contributed by atoms with E-state index in [4.69, 9.17) is 11.6 Å². The van der Waals surface area contributed by atoms with Crippen molar-refractivity contribution >= 4 is 40.2 Å². The molecule has 1 unspecified atom stereocenters. The van der Waals surface area contributed by atoms with Crippen molar-refractivity contribution in [3.05, 3.63) is 58.2 Å². The molecule has 4 rings (SSSR count). The third kappa shape index (κ3) is 3.32. The Kier molecular flexibility index (Phi) is 5.10. The van der Waals surface area contributed by atoms with Crippen LogP contribution in [0.3, 0.4) is 0 Å². The molecule has 0 saturated carbocycles. The van der Waals surface area contributed by atoms with E-state index < -0.39 is 6.04 Å². The molecule has 6 nitrogen and oxygen atoms in total. The molecule has 140 valence electrons. The normalized spacial score (nSPS) is 17.7. The van der Waals surface area contributed by atoms with E-state index in [9.17, 15) is 15.0 Å². The summed E-state index contributed by atoms with van der Waals surface area (Å²) in [5.41, 5.74) is 2.49. The Morgan fingerprint density at radius 3 is 2.96 bits per heavy atom. The minimum Gasteiger partial charge on any atom is -0.394 e. The molecule has 1 amide bonds. The monoisotopic (exact) mass is 403 g/mol. The second-order valence-electron chi connectivity index (χ2n) is 6.47. The first kappa shape index (κ1) is 18.3. The number of hydrogen-bond donors (Lipinski definition) is 4. The lowest BCUT2D eigenvalue weighted by atomic mass is 9.87. The van der Waals surface area contributed by atoms with E-state index >= 15 is 0 Å². The predicted octanol–water partition coefficient (Wildman–Crippen LogP) is 0.418. The lowest BCUT2D eigenvalue weighted by Crippen LogP contribution is -2.41. The summed E-state index contributed by atoms with van der Waals surface area (Å²) in [6, 6.07) is 8.64. The summed E-state index contributed by atoms with van der Waals surface area (Å²) < 4.78 is 3.39. The number of aliphatic hydroxyl groups excluding tert-OH is 2. The van der Waals surface area contributed by atoms with Gasteiger partial charge < -0.3 is 20.3 Å². The molecule has 0 spiro atoms. The molecule has 0 saturated heterocycles. The summed E-state index contributed by atoms with van der Waals surface area (Å²) in [7, 11) is 0. The molecule has 1 aliphatic carbocycles. The van der Waals surface area contributed by atoms with Crippen LogP contribution in [0.2, 0.25) is 0 Å². The van der Waals surface area contributed by atoms with Gasteiger partial charge in [-0.1, -0.05) is 17.7 Å². The summed E-state index contributed by atoms with van der Waals surface area (Å²) >= 11 is 8.03. The maximum atomic E-state index is 12.5. The fraction of sp³-hybridized carbons (Fsp3) is 0.263. The number of nitrogens with one attached hydrogen (secondary N) is 2. The Labute approximate surface area is 165 Å². The fourth-order valence-corrected chi connectivity index (χ4v) is 4.58. The van der Waals surface area contributed by atoms with E-state index in [0.29, 0.717) is 12.0 Å². The van der Waals surface area contributed by atoms with E-state index in [1.54, 1.807) is 12.3 Å². The Bertz CT molecular complexity index is 1020. The van der Waals surface area contributed by atoms with Crippen molar-refractivity contribution in [3.63, 3.8) is 0 Å². The Morgan fingerprint density at radius 1 is 1.37 bits per heavy atom. The highest BCUT2D eigenvalue weighted by atomic mass is 35.5. The molecule has 2 aromatic rings. The number of halogens is 1. The maximum Gasteiger partial charge on any atom is 0.251 e. The zero-order valence-electron chi connectivity index (χ0n) is 14.3. The van der Waals surface area contributed by atoms with Crippen molar-refractivity contribution in [2.24, 2.45) is 0 Å². The SMILES string of the molecule is O=C(NC(CO)CO)c1ccc2c(c1)C1CC(Cl)=c3cccnc3=C1NS2. The third-order valence-corrected chi connectivity index (χ3v) is 6.05. The van der Waals surface area contributed by atoms with Crippen LogP contribution < -0.4 is 20.6 Å². The van der Waals surface area contributed by atoms with Crippen LogP contribution in [0.15, 0.2) is 41.4 Å². The van der Waals surface area contributed by atoms with Gasteiger partial charge in [-0.25, -0.2) is 0 Å². The highest BCUT2D eigenvalue weighted by molar-refractivity contribution is 7.97. The first-order chi connectivity index (χ1) is 13.1. The third-order valence-electron chi connectivity index (χ3n) is 4.78. The summed E-state index contributed by atoms with van der Waals surface area (Å²) in [4.78, 5) is 18.0. The molecule has 0 fully saturated rings. The van der Waals surface area contributed by atoms with Gasteiger partial charge in [0, 0.05) is 32.8 Å². The van der Waals surface area contributed by atoms with Crippen molar-refractivity contribution in [1.82, 2.24) is 15.0 Å². The fourth-order valence-electron chi connectivity index (χ4n) is 3.36. The second-order valence-corrected chi connectivity index (χ2v) is 7.77. The Balaban J connectivity index is 1.75. The molecule has 27 heavy (non-hydrogen) atoms. The number of pyridine rings is 1. The second kappa shape index (κ2) is 7.52. The number of carbonyl (C=O) groups is 1. The number of benzene rings is 1. The number of amides is 1. The van der Waals surface area contributed by atoms with Crippen molar-refractivity contribution in [1.29, 1.82) is 0 Å². The van der Waals surface area contributed by atoms with Crippen molar-refractivity contribution < 1.29 is 15.0 Å². The molecular weight excluding hydrogens is 386 g/mol. The molecule has 2 heterocycles. The highest BCUT2D eigenvalue weighted by Crippen LogP contribution is 2.42. The van der Waals surface area contributed by atoms with Crippen LogP contribution in [0.4, 0.5) is 0 Å². The average Bonchev–Trinajstić information content (AvgIpc) is 2.71. The first-order valence-corrected chi connectivity index (χ1v) is 9.75. The molecular formula is C19H18ClN3O3S. The van der Waals surface area contributed by atoms with Crippen LogP contribution in [-0.2, 0) is 0 Å². The molecule has 1 aromatic carbocycles. The van der Waals surface area contributed by atoms with Crippen LogP contribution in [0.25, 0.3) is 10.7 Å². The van der Waals surface area contributed by atoms with Gasteiger partial charge in [0.25, 0.3) is 5.91 Å². The van der Waals surface area contributed by atoms with Crippen LogP contribution in [0.5, 0.6) is 0 Å². The number of aliphatic hydroxyl groups is 2. The van der Waals surface area contributed by atoms with Gasteiger partial charge in [-0.15, -0.1) is 0 Å². The van der Waals surface area contributed by atoms with Gasteiger partial charge in [-0.3, -0.25) is 9.78 Å². The minimum atomic E-state index is -0.680. The predicted molar refractivity (Wildman–Crippen MR) is 104 cm³/mol.